The monoisotopic (exact) mass is 657 g/mol. The van der Waals surface area contributed by atoms with Crippen LogP contribution in [0.1, 0.15) is 44.2 Å². The Morgan fingerprint density at radius 3 is 2.48 bits per heavy atom. The van der Waals surface area contributed by atoms with E-state index in [-0.39, 0.29) is 31.1 Å². The van der Waals surface area contributed by atoms with Crippen molar-refractivity contribution in [3.63, 3.8) is 0 Å². The number of esters is 1. The van der Waals surface area contributed by atoms with Crippen LogP contribution in [-0.2, 0) is 36.8 Å². The van der Waals surface area contributed by atoms with Crippen LogP contribution in [0.15, 0.2) is 60.7 Å². The van der Waals surface area contributed by atoms with E-state index in [0.717, 1.165) is 0 Å². The second kappa shape index (κ2) is 17.9. The quantitative estimate of drug-likeness (QED) is 0.248. The van der Waals surface area contributed by atoms with Gasteiger partial charge in [0.05, 0.1) is 13.2 Å². The fraction of sp³-hybridized carbons (Fsp3) is 0.424. The van der Waals surface area contributed by atoms with Crippen molar-refractivity contribution in [2.24, 2.45) is 5.92 Å². The lowest BCUT2D eigenvalue weighted by Crippen LogP contribution is -2.58. The topological polar surface area (TPSA) is 155 Å². The van der Waals surface area contributed by atoms with Crippen LogP contribution in [0.2, 0.25) is 5.02 Å². The third-order valence-corrected chi connectivity index (χ3v) is 7.60. The SMILES string of the molecule is COC(=O)[C@@H](NC(=O)N[C@@H](Cc1cccc(Cl)c1)C(=O)N[C@H]1CCCCNC(=O)/C=C/[C@H](Cc2cccc(F)c2)NC1=O)C(C)C. The van der Waals surface area contributed by atoms with Crippen LogP contribution in [-0.4, -0.2) is 67.5 Å². The molecule has 0 saturated heterocycles. The number of methoxy groups -OCH3 is 1. The molecular weight excluding hydrogens is 617 g/mol. The molecule has 0 unspecified atom stereocenters. The van der Waals surface area contributed by atoms with Crippen molar-refractivity contribution in [3.05, 3.63) is 82.6 Å². The van der Waals surface area contributed by atoms with E-state index >= 15 is 0 Å². The van der Waals surface area contributed by atoms with Crippen molar-refractivity contribution in [3.8, 4) is 0 Å². The van der Waals surface area contributed by atoms with Gasteiger partial charge in [0.2, 0.25) is 17.7 Å². The van der Waals surface area contributed by atoms with Crippen LogP contribution in [0, 0.1) is 11.7 Å². The highest BCUT2D eigenvalue weighted by Gasteiger charge is 2.30. The molecular formula is C33H41ClFN5O6. The molecule has 3 rings (SSSR count). The highest BCUT2D eigenvalue weighted by Crippen LogP contribution is 2.14. The number of hydrogen-bond acceptors (Lipinski definition) is 6. The minimum atomic E-state index is -1.15. The number of amides is 5. The maximum absolute atomic E-state index is 13.9. The molecule has 0 spiro atoms. The zero-order valence-electron chi connectivity index (χ0n) is 26.1. The summed E-state index contributed by atoms with van der Waals surface area (Å²) in [6.45, 7) is 3.85. The Hall–Kier alpha value is -4.45. The van der Waals surface area contributed by atoms with Crippen LogP contribution in [0.25, 0.3) is 0 Å². The Morgan fingerprint density at radius 1 is 1.04 bits per heavy atom. The summed E-state index contributed by atoms with van der Waals surface area (Å²) < 4.78 is 18.7. The molecule has 0 fully saturated rings. The predicted molar refractivity (Wildman–Crippen MR) is 171 cm³/mol. The smallest absolute Gasteiger partial charge is 0.328 e. The van der Waals surface area contributed by atoms with Gasteiger partial charge in [-0.15, -0.1) is 0 Å². The Bertz CT molecular complexity index is 1420. The third-order valence-electron chi connectivity index (χ3n) is 7.36. The number of ether oxygens (including phenoxy) is 1. The highest BCUT2D eigenvalue weighted by molar-refractivity contribution is 6.30. The average molecular weight is 658 g/mol. The molecule has 1 heterocycles. The molecule has 4 atom stereocenters. The third kappa shape index (κ3) is 11.8. The van der Waals surface area contributed by atoms with Crippen molar-refractivity contribution in [1.29, 1.82) is 0 Å². The van der Waals surface area contributed by atoms with Crippen LogP contribution in [0.3, 0.4) is 0 Å². The molecule has 0 aromatic heterocycles. The normalized spacial score (nSPS) is 19.3. The number of urea groups is 1. The summed E-state index contributed by atoms with van der Waals surface area (Å²) in [4.78, 5) is 64.8. The largest absolute Gasteiger partial charge is 0.467 e. The summed E-state index contributed by atoms with van der Waals surface area (Å²) >= 11 is 6.16. The number of carbonyl (C=O) groups is 5. The number of nitrogens with one attached hydrogen (secondary N) is 5. The summed E-state index contributed by atoms with van der Waals surface area (Å²) in [6.07, 6.45) is 4.39. The molecule has 13 heteroatoms. The van der Waals surface area contributed by atoms with Gasteiger partial charge in [-0.1, -0.05) is 55.8 Å². The first kappa shape index (κ1) is 36.0. The van der Waals surface area contributed by atoms with Crippen LogP contribution >= 0.6 is 11.6 Å². The lowest BCUT2D eigenvalue weighted by Gasteiger charge is -2.26. The molecule has 0 aliphatic carbocycles. The molecule has 5 amide bonds. The van der Waals surface area contributed by atoms with Crippen LogP contribution in [0.5, 0.6) is 0 Å². The van der Waals surface area contributed by atoms with Crippen molar-refractivity contribution in [2.45, 2.75) is 70.1 Å². The molecule has 2 aromatic rings. The van der Waals surface area contributed by atoms with E-state index in [0.29, 0.717) is 35.5 Å². The Kier molecular flexibility index (Phi) is 14.0. The molecule has 248 valence electrons. The standard InChI is InChI=1S/C33H41ClFN5O6/c1-20(2)29(32(44)46-3)40-33(45)39-27(19-21-8-6-10-23(34)16-21)31(43)38-26-12-4-5-15-36-28(41)14-13-25(37-30(26)42)18-22-9-7-11-24(35)17-22/h6-11,13-14,16-17,20,25-27,29H,4-5,12,15,18-19H2,1-3H3,(H,36,41)(H,37,42)(H,38,43)(H2,39,40,45)/b14-13+/t25-,26+,27+,29+/m1/s1. The number of benzene rings is 2. The first-order chi connectivity index (χ1) is 21.9. The van der Waals surface area contributed by atoms with Gasteiger partial charge in [0, 0.05) is 24.1 Å². The van der Waals surface area contributed by atoms with E-state index in [1.165, 1.54) is 31.4 Å². The summed E-state index contributed by atoms with van der Waals surface area (Å²) in [5, 5.41) is 14.1. The molecule has 0 bridgehead atoms. The van der Waals surface area contributed by atoms with Gasteiger partial charge in [0.1, 0.15) is 23.9 Å². The lowest BCUT2D eigenvalue weighted by atomic mass is 10.0. The molecule has 0 saturated carbocycles. The Labute approximate surface area is 273 Å². The molecule has 5 N–H and O–H groups in total. The summed E-state index contributed by atoms with van der Waals surface area (Å²) in [6, 6.07) is 8.16. The first-order valence-electron chi connectivity index (χ1n) is 15.2. The minimum Gasteiger partial charge on any atom is -0.467 e. The maximum atomic E-state index is 13.9. The minimum absolute atomic E-state index is 0.0374. The number of rotatable bonds is 10. The summed E-state index contributed by atoms with van der Waals surface area (Å²) in [7, 11) is 1.22. The molecule has 1 aliphatic rings. The Morgan fingerprint density at radius 2 is 1.78 bits per heavy atom. The van der Waals surface area contributed by atoms with Crippen molar-refractivity contribution >= 4 is 41.3 Å². The van der Waals surface area contributed by atoms with Gasteiger partial charge in [-0.2, -0.15) is 0 Å². The van der Waals surface area contributed by atoms with E-state index in [4.69, 9.17) is 16.3 Å². The number of hydrogen-bond donors (Lipinski definition) is 5. The van der Waals surface area contributed by atoms with Gasteiger partial charge in [-0.05, 0) is 67.0 Å². The second-order valence-corrected chi connectivity index (χ2v) is 11.8. The maximum Gasteiger partial charge on any atom is 0.328 e. The molecule has 0 radical (unpaired) electrons. The van der Waals surface area contributed by atoms with Gasteiger partial charge >= 0.3 is 12.0 Å². The zero-order valence-corrected chi connectivity index (χ0v) is 26.9. The van der Waals surface area contributed by atoms with Crippen molar-refractivity contribution in [2.75, 3.05) is 13.7 Å². The Balaban J connectivity index is 1.83. The van der Waals surface area contributed by atoms with Gasteiger partial charge < -0.3 is 31.3 Å². The fourth-order valence-electron chi connectivity index (χ4n) is 4.93. The van der Waals surface area contributed by atoms with Crippen molar-refractivity contribution in [1.82, 2.24) is 26.6 Å². The molecule has 46 heavy (non-hydrogen) atoms. The zero-order chi connectivity index (χ0) is 33.6. The number of halogens is 2. The van der Waals surface area contributed by atoms with E-state index in [1.54, 1.807) is 50.2 Å². The molecule has 1 aliphatic heterocycles. The van der Waals surface area contributed by atoms with E-state index in [9.17, 15) is 28.4 Å². The average Bonchev–Trinajstić information content (AvgIpc) is 3.00. The fourth-order valence-corrected chi connectivity index (χ4v) is 5.14. The lowest BCUT2D eigenvalue weighted by molar-refractivity contribution is -0.144. The van der Waals surface area contributed by atoms with E-state index in [2.05, 4.69) is 26.6 Å². The number of carbonyl (C=O) groups excluding carboxylic acids is 5. The second-order valence-electron chi connectivity index (χ2n) is 11.4. The van der Waals surface area contributed by atoms with Gasteiger partial charge in [0.25, 0.3) is 0 Å². The molecule has 11 nitrogen and oxygen atoms in total. The van der Waals surface area contributed by atoms with Gasteiger partial charge in [0.15, 0.2) is 0 Å². The van der Waals surface area contributed by atoms with Gasteiger partial charge in [-0.3, -0.25) is 14.4 Å². The van der Waals surface area contributed by atoms with E-state index in [1.807, 2.05) is 0 Å². The van der Waals surface area contributed by atoms with Crippen LogP contribution in [0.4, 0.5) is 9.18 Å². The van der Waals surface area contributed by atoms with Crippen molar-refractivity contribution < 1.29 is 33.1 Å². The van der Waals surface area contributed by atoms with E-state index < -0.39 is 53.8 Å². The first-order valence-corrected chi connectivity index (χ1v) is 15.5. The highest BCUT2D eigenvalue weighted by atomic mass is 35.5. The molecule has 2 aromatic carbocycles. The summed E-state index contributed by atoms with van der Waals surface area (Å²) in [5.74, 6) is -2.81. The summed E-state index contributed by atoms with van der Waals surface area (Å²) in [5.41, 5.74) is 1.26. The predicted octanol–water partition coefficient (Wildman–Crippen LogP) is 2.96. The van der Waals surface area contributed by atoms with Crippen LogP contribution < -0.4 is 26.6 Å². The van der Waals surface area contributed by atoms with Gasteiger partial charge in [-0.25, -0.2) is 14.0 Å².